The van der Waals surface area contributed by atoms with Gasteiger partial charge in [0, 0.05) is 32.2 Å². The molecule has 0 saturated heterocycles. The van der Waals surface area contributed by atoms with Crippen LogP contribution in [-0.2, 0) is 0 Å². The summed E-state index contributed by atoms with van der Waals surface area (Å²) >= 11 is 9.66. The Balaban J connectivity index is 0.000000134. The molecule has 8 atom stereocenters. The van der Waals surface area contributed by atoms with Crippen LogP contribution in [0.25, 0.3) is 0 Å². The highest BCUT2D eigenvalue weighted by Gasteiger charge is 2.40. The molecule has 0 fully saturated rings. The van der Waals surface area contributed by atoms with E-state index in [2.05, 4.69) is 297 Å². The molecule has 14 nitrogen and oxygen atoms in total. The van der Waals surface area contributed by atoms with E-state index in [1.54, 1.807) is 35.5 Å². The van der Waals surface area contributed by atoms with Crippen LogP contribution < -0.4 is 48.0 Å². The lowest BCUT2D eigenvalue weighted by molar-refractivity contribution is 0.340. The van der Waals surface area contributed by atoms with Crippen LogP contribution in [0.15, 0.2) is 316 Å². The largest absolute Gasteiger partial charge is 0.497 e. The van der Waals surface area contributed by atoms with Gasteiger partial charge in [-0.15, -0.1) is 0 Å². The lowest BCUT2D eigenvalue weighted by Gasteiger charge is -2.30. The number of aliphatic imine (C=N–C) groups is 4. The minimum absolute atomic E-state index is 0.0709. The average Bonchev–Trinajstić information content (AvgIpc) is 1.64. The predicted octanol–water partition coefficient (Wildman–Crippen LogP) is 23.4. The number of ether oxygens (including phenoxy) is 6. The van der Waals surface area contributed by atoms with Gasteiger partial charge in [0.15, 0.2) is 0 Å². The highest BCUT2D eigenvalue weighted by atomic mass is 79.9. The highest BCUT2D eigenvalue weighted by Crippen LogP contribution is 2.44. The van der Waals surface area contributed by atoms with Gasteiger partial charge in [-0.3, -0.25) is 20.0 Å². The number of halogens is 2. The van der Waals surface area contributed by atoms with E-state index in [9.17, 15) is 0 Å². The fourth-order valence-electron chi connectivity index (χ4n) is 15.1. The molecule has 4 heterocycles. The number of hydrogen-bond donors (Lipinski definition) is 0. The first-order valence-corrected chi connectivity index (χ1v) is 40.2. The van der Waals surface area contributed by atoms with Crippen molar-refractivity contribution in [1.29, 1.82) is 0 Å². The van der Waals surface area contributed by atoms with Crippen molar-refractivity contribution >= 4 is 73.1 Å². The second-order valence-electron chi connectivity index (χ2n) is 29.0. The molecule has 0 bridgehead atoms. The normalized spacial score (nSPS) is 18.6. The quantitative estimate of drug-likeness (QED) is 0.0774. The summed E-state index contributed by atoms with van der Waals surface area (Å²) in [5.41, 5.74) is 23.1. The Bertz CT molecular complexity index is 5140. The third-order valence-corrected chi connectivity index (χ3v) is 22.2. The minimum Gasteiger partial charge on any atom is -0.497 e. The number of aryl methyl sites for hydroxylation is 4. The molecule has 4 aliphatic rings. The zero-order chi connectivity index (χ0) is 80.8. The molecule has 0 amide bonds. The molecule has 0 aromatic heterocycles. The summed E-state index contributed by atoms with van der Waals surface area (Å²) in [4.78, 5) is 30.1. The molecule has 8 unspecified atom stereocenters. The van der Waals surface area contributed by atoms with Gasteiger partial charge in [0.2, 0.25) is 0 Å². The predicted molar refractivity (Wildman–Crippen MR) is 478 cm³/mol. The summed E-state index contributed by atoms with van der Waals surface area (Å²) in [6.07, 6.45) is -0.363. The second kappa shape index (κ2) is 37.4. The molecule has 586 valence electrons. The number of rotatable bonds is 19. The van der Waals surface area contributed by atoms with E-state index in [0.29, 0.717) is 6.61 Å². The minimum atomic E-state index is -0.0987. The Kier molecular flexibility index (Phi) is 26.4. The van der Waals surface area contributed by atoms with Crippen LogP contribution in [0.4, 0.5) is 22.7 Å². The summed E-state index contributed by atoms with van der Waals surface area (Å²) in [6.45, 7) is 19.9. The molecule has 0 radical (unpaired) electrons. The number of anilines is 4. The van der Waals surface area contributed by atoms with E-state index >= 15 is 0 Å². The third kappa shape index (κ3) is 18.8. The maximum absolute atomic E-state index is 6.12. The van der Waals surface area contributed by atoms with Crippen LogP contribution in [0.3, 0.4) is 0 Å². The summed E-state index contributed by atoms with van der Waals surface area (Å²) in [7, 11) is 8.43. The van der Waals surface area contributed by atoms with E-state index in [1.165, 1.54) is 33.4 Å². The van der Waals surface area contributed by atoms with Gasteiger partial charge in [-0.25, -0.2) is 0 Å². The Morgan fingerprint density at radius 3 is 0.696 bits per heavy atom. The van der Waals surface area contributed by atoms with Crippen molar-refractivity contribution in [3.05, 3.63) is 367 Å². The number of nitrogens with zero attached hydrogens (tertiary/aromatic N) is 8. The monoisotopic (exact) mass is 1610 g/mol. The van der Waals surface area contributed by atoms with Crippen LogP contribution in [0.1, 0.15) is 126 Å². The van der Waals surface area contributed by atoms with Crippen LogP contribution in [0.5, 0.6) is 34.5 Å². The van der Waals surface area contributed by atoms with Gasteiger partial charge in [0.05, 0.1) is 89.2 Å². The Morgan fingerprint density at radius 1 is 0.278 bits per heavy atom. The van der Waals surface area contributed by atoms with Crippen molar-refractivity contribution in [2.24, 2.45) is 20.0 Å². The first-order valence-electron chi connectivity index (χ1n) is 39.0. The number of hydrogen-bond acceptors (Lipinski definition) is 14. The summed E-state index contributed by atoms with van der Waals surface area (Å²) in [5.74, 6) is 5.12. The van der Waals surface area contributed by atoms with E-state index in [0.717, 1.165) is 123 Å². The van der Waals surface area contributed by atoms with Gasteiger partial charge in [0.1, 0.15) is 59.2 Å². The fraction of sp³-hybridized carbons (Fsp3) is 0.232. The maximum atomic E-state index is 6.12. The zero-order valence-electron chi connectivity index (χ0n) is 67.8. The molecule has 12 aromatic carbocycles. The molecule has 16 heteroatoms. The van der Waals surface area contributed by atoms with Crippen LogP contribution in [0.2, 0.25) is 5.02 Å². The highest BCUT2D eigenvalue weighted by molar-refractivity contribution is 9.10. The summed E-state index contributed by atoms with van der Waals surface area (Å²) in [6, 6.07) is 101. The van der Waals surface area contributed by atoms with Gasteiger partial charge in [-0.05, 0) is 252 Å². The maximum Gasteiger partial charge on any atom is 0.148 e. The SMILES string of the molecule is CCOc1ccc(N2C(C)C(c3ccc(C)cc3)=NC2c2ccc(OC)cc2)cc1.COc1ccc(C2N=C(c3ccc(C)cc3)C(C)N2c2ccc(Br)cc2)cc1.COc1ccc(C2N=C(c3ccc(C)cc3)C(C)N2c2ccc(Cl)cc2)cc1.COc1ccc(C2N=C(c3ccc(C)cc3)C(C)N2c2ccc(OC)cc2)cc1. The molecule has 16 rings (SSSR count). The first kappa shape index (κ1) is 81.1. The molecule has 0 spiro atoms. The average molecular weight is 1610 g/mol. The van der Waals surface area contributed by atoms with E-state index < -0.39 is 0 Å². The van der Waals surface area contributed by atoms with Crippen molar-refractivity contribution in [3.63, 3.8) is 0 Å². The van der Waals surface area contributed by atoms with E-state index in [-0.39, 0.29) is 48.8 Å². The van der Waals surface area contributed by atoms with Crippen molar-refractivity contribution < 1.29 is 28.4 Å². The standard InChI is InChI=1S/C26H28N2O2.C25H26N2O2.C24H23BrN2O.C24H23ClN2O/c1-5-30-24-16-12-22(13-17-24)28-19(3)25(20-8-6-18(2)7-9-20)27-26(28)21-10-14-23(29-4)15-11-21;1-17-5-7-19(8-6-17)24-18(2)27(21-11-15-23(29-4)16-12-21)25(26-24)20-9-13-22(28-3)14-10-20;2*1-16-4-6-18(7-5-16)23-17(2)27(21-12-10-20(25)11-13-21)24(26-23)19-8-14-22(28-3)15-9-19/h6-17,19,26H,5H2,1-4H3;5-16,18,25H,1-4H3;2*4-15,17,24H,1-3H3. The third-order valence-electron chi connectivity index (χ3n) is 21.5. The summed E-state index contributed by atoms with van der Waals surface area (Å²) in [5, 5.41) is 0.733. The summed E-state index contributed by atoms with van der Waals surface area (Å²) < 4.78 is 33.3. The molecule has 115 heavy (non-hydrogen) atoms. The number of benzene rings is 12. The van der Waals surface area contributed by atoms with Gasteiger partial charge in [0.25, 0.3) is 0 Å². The zero-order valence-corrected chi connectivity index (χ0v) is 70.2. The van der Waals surface area contributed by atoms with Crippen molar-refractivity contribution in [3.8, 4) is 34.5 Å². The smallest absolute Gasteiger partial charge is 0.148 e. The van der Waals surface area contributed by atoms with Crippen LogP contribution in [0, 0.1) is 27.7 Å². The fourth-order valence-corrected chi connectivity index (χ4v) is 15.5. The molecular weight excluding hydrogens is 1510 g/mol. The Hall–Kier alpha value is -11.9. The molecule has 0 N–H and O–H groups in total. The topological polar surface area (TPSA) is 118 Å². The van der Waals surface area contributed by atoms with Gasteiger partial charge in [-0.1, -0.05) is 195 Å². The van der Waals surface area contributed by atoms with E-state index in [1.807, 2.05) is 91.9 Å². The van der Waals surface area contributed by atoms with Crippen molar-refractivity contribution in [2.45, 2.75) is 111 Å². The van der Waals surface area contributed by atoms with Crippen LogP contribution >= 0.6 is 27.5 Å². The van der Waals surface area contributed by atoms with Crippen molar-refractivity contribution in [2.75, 3.05) is 61.8 Å². The molecular formula is C99H100BrClN8O6. The Labute approximate surface area is 691 Å². The second-order valence-corrected chi connectivity index (χ2v) is 30.4. The van der Waals surface area contributed by atoms with Crippen molar-refractivity contribution in [1.82, 2.24) is 0 Å². The first-order chi connectivity index (χ1) is 55.8. The molecule has 12 aromatic rings. The van der Waals surface area contributed by atoms with E-state index in [4.69, 9.17) is 60.0 Å². The lowest BCUT2D eigenvalue weighted by Crippen LogP contribution is -2.35. The molecule has 0 saturated carbocycles. The molecule has 4 aliphatic heterocycles. The van der Waals surface area contributed by atoms with Gasteiger partial charge in [-0.2, -0.15) is 0 Å². The number of methoxy groups -OCH3 is 5. The molecule has 0 aliphatic carbocycles. The van der Waals surface area contributed by atoms with Gasteiger partial charge >= 0.3 is 0 Å². The van der Waals surface area contributed by atoms with Gasteiger partial charge < -0.3 is 48.0 Å². The Morgan fingerprint density at radius 2 is 0.478 bits per heavy atom. The lowest BCUT2D eigenvalue weighted by atomic mass is 10.0. The van der Waals surface area contributed by atoms with Crippen LogP contribution in [-0.4, -0.2) is 89.2 Å².